The van der Waals surface area contributed by atoms with E-state index >= 15 is 0 Å². The normalized spacial score (nSPS) is 44.5. The Morgan fingerprint density at radius 3 is 2.22 bits per heavy atom. The molecule has 0 aromatic heterocycles. The molecule has 4 saturated heterocycles. The highest BCUT2D eigenvalue weighted by Gasteiger charge is 2.59. The molecule has 18 heavy (non-hydrogen) atoms. The summed E-state index contributed by atoms with van der Waals surface area (Å²) < 4.78 is 1.39. The van der Waals surface area contributed by atoms with E-state index < -0.39 is 0 Å². The summed E-state index contributed by atoms with van der Waals surface area (Å²) in [5.41, 5.74) is 0. The lowest BCUT2D eigenvalue weighted by Crippen LogP contribution is -2.73. The van der Waals surface area contributed by atoms with E-state index in [0.29, 0.717) is 0 Å². The van der Waals surface area contributed by atoms with E-state index in [4.69, 9.17) is 0 Å². The van der Waals surface area contributed by atoms with Crippen molar-refractivity contribution in [3.8, 4) is 0 Å². The Balaban J connectivity index is 1.65. The van der Waals surface area contributed by atoms with Crippen molar-refractivity contribution in [1.82, 2.24) is 14.7 Å². The van der Waals surface area contributed by atoms with Gasteiger partial charge >= 0.3 is 0 Å². The largest absolute Gasteiger partial charge is 0.304 e. The van der Waals surface area contributed by atoms with Crippen molar-refractivity contribution in [2.75, 3.05) is 64.2 Å². The number of hydrogen-bond donors (Lipinski definition) is 0. The maximum Gasteiger partial charge on any atom is 0.175 e. The third-order valence-electron chi connectivity index (χ3n) is 5.70. The summed E-state index contributed by atoms with van der Waals surface area (Å²) in [5.74, 6) is 0. The van der Waals surface area contributed by atoms with Crippen LogP contribution in [0, 0.1) is 0 Å². The zero-order chi connectivity index (χ0) is 12.2. The quantitative estimate of drug-likeness (QED) is 0.544. The lowest BCUT2D eigenvalue weighted by molar-refractivity contribution is -0.954. The van der Waals surface area contributed by atoms with Crippen LogP contribution in [0.25, 0.3) is 0 Å². The number of halogens is 1. The standard InChI is InChI=1S/C13H24BrN4/c14-2-1-9-18-10-7-16-4-3-15-5-6-17(8-11-18)13(18)12(15)16/h12-13H,1-11H2/q+1. The third-order valence-corrected chi connectivity index (χ3v) is 6.26. The first-order chi connectivity index (χ1) is 8.84. The Kier molecular flexibility index (Phi) is 2.97. The molecule has 0 bridgehead atoms. The maximum atomic E-state index is 3.62. The molecule has 3 unspecified atom stereocenters. The van der Waals surface area contributed by atoms with Crippen LogP contribution in [0.4, 0.5) is 0 Å². The summed E-state index contributed by atoms with van der Waals surface area (Å²) in [6.07, 6.45) is 2.86. The van der Waals surface area contributed by atoms with Gasteiger partial charge in [-0.05, 0) is 0 Å². The highest BCUT2D eigenvalue weighted by atomic mass is 79.9. The van der Waals surface area contributed by atoms with Gasteiger partial charge in [-0.15, -0.1) is 0 Å². The lowest BCUT2D eigenvalue weighted by Gasteiger charge is -2.54. The Morgan fingerprint density at radius 1 is 0.889 bits per heavy atom. The van der Waals surface area contributed by atoms with E-state index in [1.165, 1.54) is 69.8 Å². The van der Waals surface area contributed by atoms with Crippen molar-refractivity contribution in [2.45, 2.75) is 18.8 Å². The molecule has 4 heterocycles. The Hall–Kier alpha value is 0.320. The minimum Gasteiger partial charge on any atom is -0.304 e. The van der Waals surface area contributed by atoms with Gasteiger partial charge in [-0.25, -0.2) is 4.90 Å². The van der Waals surface area contributed by atoms with Gasteiger partial charge in [0, 0.05) is 44.5 Å². The molecule has 0 N–H and O–H groups in total. The molecule has 4 nitrogen and oxygen atoms in total. The van der Waals surface area contributed by atoms with Crippen LogP contribution in [0.5, 0.6) is 0 Å². The number of alkyl halides is 1. The van der Waals surface area contributed by atoms with E-state index in [0.717, 1.165) is 17.7 Å². The van der Waals surface area contributed by atoms with E-state index in [9.17, 15) is 0 Å². The van der Waals surface area contributed by atoms with Crippen LogP contribution in [0.2, 0.25) is 0 Å². The molecule has 0 aromatic carbocycles. The highest BCUT2D eigenvalue weighted by Crippen LogP contribution is 2.38. The predicted molar refractivity (Wildman–Crippen MR) is 75.6 cm³/mol. The number of quaternary nitrogens is 1. The van der Waals surface area contributed by atoms with Crippen molar-refractivity contribution >= 4 is 15.9 Å². The van der Waals surface area contributed by atoms with Gasteiger partial charge in [-0.2, -0.15) is 0 Å². The van der Waals surface area contributed by atoms with Gasteiger partial charge in [0.15, 0.2) is 6.17 Å². The van der Waals surface area contributed by atoms with E-state index in [1.54, 1.807) is 0 Å². The molecular formula is C13H24BrN4+. The molecule has 3 atom stereocenters. The first-order valence-electron chi connectivity index (χ1n) is 7.48. The van der Waals surface area contributed by atoms with Crippen LogP contribution in [0.15, 0.2) is 0 Å². The van der Waals surface area contributed by atoms with Crippen LogP contribution in [-0.2, 0) is 0 Å². The minimum atomic E-state index is 0.741. The number of piperazine rings is 2. The Labute approximate surface area is 118 Å². The Morgan fingerprint density at radius 2 is 1.50 bits per heavy atom. The first-order valence-corrected chi connectivity index (χ1v) is 8.60. The zero-order valence-corrected chi connectivity index (χ0v) is 12.7. The van der Waals surface area contributed by atoms with Crippen molar-refractivity contribution in [1.29, 1.82) is 0 Å². The van der Waals surface area contributed by atoms with Crippen molar-refractivity contribution in [3.05, 3.63) is 0 Å². The molecule has 5 heteroatoms. The molecular weight excluding hydrogens is 292 g/mol. The molecule has 0 aromatic rings. The molecule has 4 aliphatic heterocycles. The molecule has 102 valence electrons. The fourth-order valence-corrected chi connectivity index (χ4v) is 5.08. The Bertz CT molecular complexity index is 333. The van der Waals surface area contributed by atoms with Gasteiger partial charge in [0.05, 0.1) is 26.2 Å². The van der Waals surface area contributed by atoms with E-state index in [-0.39, 0.29) is 0 Å². The molecule has 0 radical (unpaired) electrons. The van der Waals surface area contributed by atoms with Crippen LogP contribution in [0.1, 0.15) is 6.42 Å². The van der Waals surface area contributed by atoms with Crippen molar-refractivity contribution in [2.24, 2.45) is 0 Å². The molecule has 0 spiro atoms. The summed E-state index contributed by atoms with van der Waals surface area (Å²) in [6.45, 7) is 12.1. The summed E-state index contributed by atoms with van der Waals surface area (Å²) >= 11 is 3.62. The first kappa shape index (κ1) is 12.1. The van der Waals surface area contributed by atoms with Gasteiger partial charge in [0.2, 0.25) is 0 Å². The van der Waals surface area contributed by atoms with Crippen molar-refractivity contribution < 1.29 is 4.48 Å². The molecule has 4 aliphatic rings. The minimum absolute atomic E-state index is 0.741. The molecule has 4 fully saturated rings. The molecule has 0 amide bonds. The summed E-state index contributed by atoms with van der Waals surface area (Å²) in [6, 6.07) is 0. The van der Waals surface area contributed by atoms with Gasteiger partial charge in [0.1, 0.15) is 6.17 Å². The van der Waals surface area contributed by atoms with Crippen LogP contribution in [0.3, 0.4) is 0 Å². The van der Waals surface area contributed by atoms with Crippen LogP contribution < -0.4 is 0 Å². The smallest absolute Gasteiger partial charge is 0.175 e. The number of nitrogens with zero attached hydrogens (tertiary/aromatic N) is 4. The lowest BCUT2D eigenvalue weighted by atomic mass is 10.1. The highest BCUT2D eigenvalue weighted by molar-refractivity contribution is 9.09. The van der Waals surface area contributed by atoms with Crippen LogP contribution >= 0.6 is 15.9 Å². The van der Waals surface area contributed by atoms with Gasteiger partial charge in [-0.1, -0.05) is 15.9 Å². The SMILES string of the molecule is BrCCC[N+]12CCN3CCN4CCN(CC1)C2C43. The molecule has 4 rings (SSSR count). The van der Waals surface area contributed by atoms with Gasteiger partial charge < -0.3 is 4.48 Å². The summed E-state index contributed by atoms with van der Waals surface area (Å²) in [4.78, 5) is 8.31. The third kappa shape index (κ3) is 1.57. The maximum absolute atomic E-state index is 3.62. The zero-order valence-electron chi connectivity index (χ0n) is 11.1. The van der Waals surface area contributed by atoms with E-state index in [1.807, 2.05) is 0 Å². The van der Waals surface area contributed by atoms with Crippen molar-refractivity contribution in [3.63, 3.8) is 0 Å². The van der Waals surface area contributed by atoms with Gasteiger partial charge in [-0.3, -0.25) is 9.80 Å². The fourth-order valence-electron chi connectivity index (χ4n) is 4.83. The number of hydrogen-bond acceptors (Lipinski definition) is 3. The predicted octanol–water partition coefficient (Wildman–Crippen LogP) is 0.201. The molecule has 0 saturated carbocycles. The average Bonchev–Trinajstić information content (AvgIpc) is 2.96. The van der Waals surface area contributed by atoms with Gasteiger partial charge in [0.25, 0.3) is 0 Å². The number of rotatable bonds is 3. The summed E-state index contributed by atoms with van der Waals surface area (Å²) in [5, 5.41) is 1.16. The molecule has 0 aliphatic carbocycles. The van der Waals surface area contributed by atoms with Crippen LogP contribution in [-0.4, -0.2) is 95.7 Å². The summed E-state index contributed by atoms with van der Waals surface area (Å²) in [7, 11) is 0. The second kappa shape index (κ2) is 4.42. The average molecular weight is 316 g/mol. The fraction of sp³-hybridized carbons (Fsp3) is 1.00. The second-order valence-corrected chi connectivity index (χ2v) is 7.16. The van der Waals surface area contributed by atoms with E-state index in [2.05, 4.69) is 30.6 Å². The monoisotopic (exact) mass is 315 g/mol. The topological polar surface area (TPSA) is 9.72 Å². The second-order valence-electron chi connectivity index (χ2n) is 6.37.